The molecule has 3 aromatic carbocycles. The highest BCUT2D eigenvalue weighted by atomic mass is 19.1. The Morgan fingerprint density at radius 3 is 2.59 bits per heavy atom. The van der Waals surface area contributed by atoms with Gasteiger partial charge in [-0.15, -0.1) is 0 Å². The SMILES string of the molecule is Cc1cn(-c2cc(CN3CCCC[C@H]3C(=O)O)cc(NC(=O)c3ccc(C)c(Nc4nccc(-c5ccc(F)cc5)n4)c3)c2)cn1. The monoisotopic (exact) mass is 619 g/mol. The number of aromatic nitrogens is 4. The summed E-state index contributed by atoms with van der Waals surface area (Å²) >= 11 is 0. The lowest BCUT2D eigenvalue weighted by Gasteiger charge is -2.33. The molecule has 234 valence electrons. The molecule has 0 unspecified atom stereocenters. The Kier molecular flexibility index (Phi) is 8.84. The third-order valence-electron chi connectivity index (χ3n) is 8.07. The topological polar surface area (TPSA) is 125 Å². The van der Waals surface area contributed by atoms with Gasteiger partial charge in [0.05, 0.1) is 17.7 Å². The number of hydrogen-bond acceptors (Lipinski definition) is 7. The summed E-state index contributed by atoms with van der Waals surface area (Å²) in [5.41, 5.74) is 6.49. The normalized spacial score (nSPS) is 15.0. The minimum atomic E-state index is -0.814. The molecule has 3 N–H and O–H groups in total. The number of carbonyl (C=O) groups is 2. The summed E-state index contributed by atoms with van der Waals surface area (Å²) in [6, 6.07) is 18.4. The van der Waals surface area contributed by atoms with Gasteiger partial charge in [-0.2, -0.15) is 0 Å². The minimum Gasteiger partial charge on any atom is -0.480 e. The van der Waals surface area contributed by atoms with Gasteiger partial charge in [-0.1, -0.05) is 12.5 Å². The summed E-state index contributed by atoms with van der Waals surface area (Å²) < 4.78 is 15.3. The first-order valence-electron chi connectivity index (χ1n) is 15.1. The number of nitrogens with zero attached hydrogens (tertiary/aromatic N) is 5. The zero-order chi connectivity index (χ0) is 32.2. The van der Waals surface area contributed by atoms with Crippen LogP contribution in [0.4, 0.5) is 21.7 Å². The van der Waals surface area contributed by atoms with Crippen LogP contribution in [0.1, 0.15) is 46.4 Å². The quantitative estimate of drug-likeness (QED) is 0.170. The van der Waals surface area contributed by atoms with E-state index in [2.05, 4.69) is 25.6 Å². The van der Waals surface area contributed by atoms with Crippen molar-refractivity contribution in [1.29, 1.82) is 0 Å². The lowest BCUT2D eigenvalue weighted by Crippen LogP contribution is -2.44. The molecule has 6 rings (SSSR count). The number of hydrogen-bond donors (Lipinski definition) is 3. The summed E-state index contributed by atoms with van der Waals surface area (Å²) in [6.45, 7) is 4.96. The molecular formula is C35H34FN7O3. The maximum atomic E-state index is 13.6. The number of piperidine rings is 1. The standard InChI is InChI=1S/C35H34FN7O3/c1-22-6-7-26(17-31(22)41-35-37-13-12-30(40-35)25-8-10-27(36)11-9-25)33(44)39-28-15-24(16-29(18-28)43-19-23(2)38-21-43)20-42-14-4-3-5-32(42)34(45)46/h6-13,15-19,21,32H,3-5,14,20H2,1-2H3,(H,39,44)(H,45,46)(H,37,40,41)/t32-/m0/s1. The van der Waals surface area contributed by atoms with Crippen LogP contribution in [0.25, 0.3) is 16.9 Å². The van der Waals surface area contributed by atoms with Gasteiger partial charge in [0.1, 0.15) is 11.9 Å². The first kappa shape index (κ1) is 30.6. The number of aryl methyl sites for hydroxylation is 2. The van der Waals surface area contributed by atoms with Gasteiger partial charge in [0.15, 0.2) is 0 Å². The van der Waals surface area contributed by atoms with E-state index in [1.165, 1.54) is 12.1 Å². The fourth-order valence-corrected chi connectivity index (χ4v) is 5.67. The number of halogens is 1. The van der Waals surface area contributed by atoms with Crippen LogP contribution in [0.3, 0.4) is 0 Å². The second-order valence-electron chi connectivity index (χ2n) is 11.5. The fourth-order valence-electron chi connectivity index (χ4n) is 5.67. The van der Waals surface area contributed by atoms with Crippen LogP contribution in [-0.2, 0) is 11.3 Å². The van der Waals surface area contributed by atoms with Crippen molar-refractivity contribution in [3.05, 3.63) is 114 Å². The van der Waals surface area contributed by atoms with Crippen LogP contribution in [0.15, 0.2) is 85.5 Å². The van der Waals surface area contributed by atoms with E-state index in [0.29, 0.717) is 48.1 Å². The number of nitrogens with one attached hydrogen (secondary N) is 2. The number of imidazole rings is 1. The molecule has 0 aliphatic carbocycles. The van der Waals surface area contributed by atoms with E-state index in [9.17, 15) is 19.1 Å². The van der Waals surface area contributed by atoms with Gasteiger partial charge in [0.2, 0.25) is 5.95 Å². The second-order valence-corrected chi connectivity index (χ2v) is 11.5. The number of carbonyl (C=O) groups excluding carboxylic acids is 1. The molecule has 2 aromatic heterocycles. The molecule has 46 heavy (non-hydrogen) atoms. The Labute approximate surface area is 266 Å². The third-order valence-corrected chi connectivity index (χ3v) is 8.07. The van der Waals surface area contributed by atoms with E-state index in [-0.39, 0.29) is 11.7 Å². The predicted octanol–water partition coefficient (Wildman–Crippen LogP) is 6.52. The lowest BCUT2D eigenvalue weighted by atomic mass is 10.0. The molecule has 0 spiro atoms. The molecule has 10 nitrogen and oxygen atoms in total. The molecule has 1 amide bonds. The molecule has 0 radical (unpaired) electrons. The summed E-state index contributed by atoms with van der Waals surface area (Å²) in [5.74, 6) is -1.11. The van der Waals surface area contributed by atoms with Crippen molar-refractivity contribution in [1.82, 2.24) is 24.4 Å². The number of rotatable bonds is 9. The average molecular weight is 620 g/mol. The largest absolute Gasteiger partial charge is 0.480 e. The molecular weight excluding hydrogens is 585 g/mol. The van der Waals surface area contributed by atoms with E-state index in [0.717, 1.165) is 40.9 Å². The van der Waals surface area contributed by atoms with Crippen LogP contribution in [0.5, 0.6) is 0 Å². The van der Waals surface area contributed by atoms with Crippen LogP contribution in [0.2, 0.25) is 0 Å². The van der Waals surface area contributed by atoms with Gasteiger partial charge in [-0.3, -0.25) is 14.5 Å². The van der Waals surface area contributed by atoms with Crippen molar-refractivity contribution in [3.63, 3.8) is 0 Å². The molecule has 11 heteroatoms. The lowest BCUT2D eigenvalue weighted by molar-refractivity contribution is -0.144. The predicted molar refractivity (Wildman–Crippen MR) is 174 cm³/mol. The Morgan fingerprint density at radius 1 is 1.00 bits per heavy atom. The summed E-state index contributed by atoms with van der Waals surface area (Å²) in [7, 11) is 0. The number of anilines is 3. The second kappa shape index (κ2) is 13.3. The Hall–Kier alpha value is -5.42. The summed E-state index contributed by atoms with van der Waals surface area (Å²) in [4.78, 5) is 40.8. The first-order valence-corrected chi connectivity index (χ1v) is 15.1. The van der Waals surface area contributed by atoms with Crippen molar-refractivity contribution in [3.8, 4) is 16.9 Å². The highest BCUT2D eigenvalue weighted by molar-refractivity contribution is 6.05. The zero-order valence-electron chi connectivity index (χ0n) is 25.6. The summed E-state index contributed by atoms with van der Waals surface area (Å²) in [6.07, 6.45) is 7.68. The molecule has 0 saturated carbocycles. The van der Waals surface area contributed by atoms with E-state index >= 15 is 0 Å². The van der Waals surface area contributed by atoms with Gasteiger partial charge in [-0.25, -0.2) is 19.3 Å². The molecule has 1 fully saturated rings. The van der Waals surface area contributed by atoms with Crippen LogP contribution >= 0.6 is 0 Å². The van der Waals surface area contributed by atoms with Gasteiger partial charge in [0.25, 0.3) is 5.91 Å². The Morgan fingerprint density at radius 2 is 1.83 bits per heavy atom. The van der Waals surface area contributed by atoms with Gasteiger partial charge in [-0.05, 0) is 105 Å². The van der Waals surface area contributed by atoms with Crippen molar-refractivity contribution < 1.29 is 19.1 Å². The van der Waals surface area contributed by atoms with Crippen LogP contribution in [-0.4, -0.2) is 54.0 Å². The Bertz CT molecular complexity index is 1890. The molecule has 0 bridgehead atoms. The number of aliphatic carboxylic acids is 1. The highest BCUT2D eigenvalue weighted by Crippen LogP contribution is 2.26. The number of carboxylic acids is 1. The van der Waals surface area contributed by atoms with E-state index in [1.54, 1.807) is 42.9 Å². The highest BCUT2D eigenvalue weighted by Gasteiger charge is 2.28. The maximum absolute atomic E-state index is 13.6. The maximum Gasteiger partial charge on any atom is 0.320 e. The van der Waals surface area contributed by atoms with Crippen molar-refractivity contribution >= 4 is 29.2 Å². The molecule has 5 aromatic rings. The van der Waals surface area contributed by atoms with Gasteiger partial charge in [0, 0.05) is 47.1 Å². The minimum absolute atomic E-state index is 0.310. The smallest absolute Gasteiger partial charge is 0.320 e. The molecule has 1 saturated heterocycles. The first-order chi connectivity index (χ1) is 22.2. The van der Waals surface area contributed by atoms with E-state index < -0.39 is 12.0 Å². The van der Waals surface area contributed by atoms with Crippen LogP contribution in [0, 0.1) is 19.7 Å². The van der Waals surface area contributed by atoms with Gasteiger partial charge < -0.3 is 20.3 Å². The van der Waals surface area contributed by atoms with Crippen molar-refractivity contribution in [2.75, 3.05) is 17.2 Å². The number of benzene rings is 3. The number of amides is 1. The average Bonchev–Trinajstić information content (AvgIpc) is 3.49. The molecule has 3 heterocycles. The van der Waals surface area contributed by atoms with Crippen molar-refractivity contribution in [2.24, 2.45) is 0 Å². The molecule has 1 aliphatic rings. The fraction of sp³-hybridized carbons (Fsp3) is 0.229. The summed E-state index contributed by atoms with van der Waals surface area (Å²) in [5, 5.41) is 16.0. The molecule has 1 atom stereocenters. The van der Waals surface area contributed by atoms with E-state index in [4.69, 9.17) is 0 Å². The number of likely N-dealkylation sites (tertiary alicyclic amines) is 1. The number of carboxylic acid groups (broad SMARTS) is 1. The molecule has 1 aliphatic heterocycles. The Balaban J connectivity index is 1.24. The van der Waals surface area contributed by atoms with Gasteiger partial charge >= 0.3 is 5.97 Å². The van der Waals surface area contributed by atoms with Crippen LogP contribution < -0.4 is 10.6 Å². The van der Waals surface area contributed by atoms with E-state index in [1.807, 2.05) is 53.8 Å². The van der Waals surface area contributed by atoms with Crippen molar-refractivity contribution in [2.45, 2.75) is 45.7 Å². The third kappa shape index (κ3) is 7.10. The zero-order valence-corrected chi connectivity index (χ0v) is 25.6.